The molecule has 0 aromatic heterocycles. The van der Waals surface area contributed by atoms with E-state index in [-0.39, 0.29) is 17.2 Å². The first kappa shape index (κ1) is 19.5. The Labute approximate surface area is 165 Å². The van der Waals surface area contributed by atoms with E-state index in [1.807, 2.05) is 41.3 Å². The van der Waals surface area contributed by atoms with Crippen molar-refractivity contribution in [3.63, 3.8) is 0 Å². The fourth-order valence-corrected chi connectivity index (χ4v) is 4.31. The lowest BCUT2D eigenvalue weighted by atomic mass is 10.1. The number of unbranched alkanes of at least 4 members (excludes halogenated alkanes) is 1. The topological polar surface area (TPSA) is 49.4 Å². The van der Waals surface area contributed by atoms with Crippen LogP contribution in [-0.2, 0) is 16.0 Å². The summed E-state index contributed by atoms with van der Waals surface area (Å²) in [5.41, 5.74) is 4.06. The van der Waals surface area contributed by atoms with Gasteiger partial charge in [0.05, 0.1) is 5.75 Å². The van der Waals surface area contributed by atoms with Crippen LogP contribution in [0.1, 0.15) is 49.6 Å². The number of carbonyl (C=O) groups is 2. The van der Waals surface area contributed by atoms with Gasteiger partial charge in [0.15, 0.2) is 0 Å². The van der Waals surface area contributed by atoms with Gasteiger partial charge in [0.25, 0.3) is 0 Å². The van der Waals surface area contributed by atoms with Crippen molar-refractivity contribution < 1.29 is 9.59 Å². The molecule has 0 spiro atoms. The van der Waals surface area contributed by atoms with Crippen molar-refractivity contribution >= 4 is 35.0 Å². The summed E-state index contributed by atoms with van der Waals surface area (Å²) in [5, 5.41) is 2.90. The van der Waals surface area contributed by atoms with Gasteiger partial charge in [0.1, 0.15) is 5.37 Å². The molecule has 1 N–H and O–H groups in total. The number of rotatable bonds is 7. The Kier molecular flexibility index (Phi) is 6.56. The van der Waals surface area contributed by atoms with E-state index in [0.29, 0.717) is 12.2 Å². The Bertz CT molecular complexity index is 787. The lowest BCUT2D eigenvalue weighted by Crippen LogP contribution is -2.27. The molecule has 2 amide bonds. The fourth-order valence-electron chi connectivity index (χ4n) is 3.13. The van der Waals surface area contributed by atoms with E-state index in [1.54, 1.807) is 11.8 Å². The molecule has 1 aliphatic rings. The van der Waals surface area contributed by atoms with Gasteiger partial charge in [0, 0.05) is 17.8 Å². The SMILES string of the molecule is CCCCC(=O)Nc1ccc(C2SCC(=O)N2c2ccc(CC)cc2)cc1. The van der Waals surface area contributed by atoms with Crippen LogP contribution in [0.2, 0.25) is 0 Å². The third kappa shape index (κ3) is 4.72. The summed E-state index contributed by atoms with van der Waals surface area (Å²) in [6.07, 6.45) is 3.44. The second-order valence-corrected chi connectivity index (χ2v) is 7.79. The molecule has 1 unspecified atom stereocenters. The highest BCUT2D eigenvalue weighted by atomic mass is 32.2. The fraction of sp³-hybridized carbons (Fsp3) is 0.364. The van der Waals surface area contributed by atoms with E-state index in [0.717, 1.165) is 36.2 Å². The summed E-state index contributed by atoms with van der Waals surface area (Å²) in [6.45, 7) is 4.20. The minimum atomic E-state index is -0.0326. The maximum atomic E-state index is 12.5. The van der Waals surface area contributed by atoms with Crippen LogP contribution < -0.4 is 10.2 Å². The quantitative estimate of drug-likeness (QED) is 0.720. The van der Waals surface area contributed by atoms with E-state index in [4.69, 9.17) is 0 Å². The highest BCUT2D eigenvalue weighted by Gasteiger charge is 2.33. The van der Waals surface area contributed by atoms with Crippen LogP contribution in [0, 0.1) is 0 Å². The van der Waals surface area contributed by atoms with E-state index >= 15 is 0 Å². The number of nitrogens with one attached hydrogen (secondary N) is 1. The molecule has 1 heterocycles. The highest BCUT2D eigenvalue weighted by molar-refractivity contribution is 8.00. The summed E-state index contributed by atoms with van der Waals surface area (Å²) in [6, 6.07) is 16.0. The average molecular weight is 383 g/mol. The second kappa shape index (κ2) is 9.09. The molecule has 2 aromatic carbocycles. The van der Waals surface area contributed by atoms with Crippen molar-refractivity contribution in [2.75, 3.05) is 16.0 Å². The number of benzene rings is 2. The third-order valence-corrected chi connectivity index (χ3v) is 5.94. The summed E-state index contributed by atoms with van der Waals surface area (Å²) in [7, 11) is 0. The van der Waals surface area contributed by atoms with Crippen molar-refractivity contribution in [3.05, 3.63) is 59.7 Å². The molecule has 1 aliphatic heterocycles. The number of aryl methyl sites for hydroxylation is 1. The van der Waals surface area contributed by atoms with Crippen LogP contribution in [-0.4, -0.2) is 17.6 Å². The number of amides is 2. The predicted octanol–water partition coefficient (Wildman–Crippen LogP) is 5.16. The van der Waals surface area contributed by atoms with Crippen molar-refractivity contribution in [1.82, 2.24) is 0 Å². The molecule has 3 rings (SSSR count). The zero-order valence-electron chi connectivity index (χ0n) is 15.9. The second-order valence-electron chi connectivity index (χ2n) is 6.72. The maximum Gasteiger partial charge on any atom is 0.238 e. The molecule has 0 bridgehead atoms. The summed E-state index contributed by atoms with van der Waals surface area (Å²) < 4.78 is 0. The zero-order chi connectivity index (χ0) is 19.2. The Morgan fingerprint density at radius 1 is 1.11 bits per heavy atom. The first-order chi connectivity index (χ1) is 13.1. The van der Waals surface area contributed by atoms with Crippen LogP contribution in [0.5, 0.6) is 0 Å². The van der Waals surface area contributed by atoms with E-state index in [9.17, 15) is 9.59 Å². The van der Waals surface area contributed by atoms with Gasteiger partial charge in [-0.05, 0) is 48.2 Å². The standard InChI is InChI=1S/C22H26N2O2S/c1-3-5-6-20(25)23-18-11-9-17(10-12-18)22-24(21(26)15-27-22)19-13-7-16(4-2)8-14-19/h7-14,22H,3-6,15H2,1-2H3,(H,23,25). The number of hydrogen-bond acceptors (Lipinski definition) is 3. The van der Waals surface area contributed by atoms with Gasteiger partial charge in [-0.1, -0.05) is 44.5 Å². The van der Waals surface area contributed by atoms with E-state index < -0.39 is 0 Å². The molecule has 0 radical (unpaired) electrons. The lowest BCUT2D eigenvalue weighted by Gasteiger charge is -2.24. The van der Waals surface area contributed by atoms with E-state index in [2.05, 4.69) is 31.3 Å². The summed E-state index contributed by atoms with van der Waals surface area (Å²) in [5.74, 6) is 0.661. The summed E-state index contributed by atoms with van der Waals surface area (Å²) >= 11 is 1.64. The van der Waals surface area contributed by atoms with Gasteiger partial charge >= 0.3 is 0 Å². The van der Waals surface area contributed by atoms with Gasteiger partial charge in [-0.25, -0.2) is 0 Å². The van der Waals surface area contributed by atoms with Crippen LogP contribution in [0.3, 0.4) is 0 Å². The van der Waals surface area contributed by atoms with Gasteiger partial charge in [-0.3, -0.25) is 14.5 Å². The molecule has 1 fully saturated rings. The maximum absolute atomic E-state index is 12.5. The lowest BCUT2D eigenvalue weighted by molar-refractivity contribution is -0.116. The van der Waals surface area contributed by atoms with Crippen LogP contribution in [0.25, 0.3) is 0 Å². The van der Waals surface area contributed by atoms with Crippen molar-refractivity contribution in [1.29, 1.82) is 0 Å². The number of carbonyl (C=O) groups excluding carboxylic acids is 2. The molecule has 1 atom stereocenters. The number of thioether (sulfide) groups is 1. The minimum Gasteiger partial charge on any atom is -0.326 e. The normalized spacial score (nSPS) is 16.6. The first-order valence-corrected chi connectivity index (χ1v) is 10.6. The molecular formula is C22H26N2O2S. The molecule has 1 saturated heterocycles. The molecule has 27 heavy (non-hydrogen) atoms. The van der Waals surface area contributed by atoms with Crippen LogP contribution in [0.15, 0.2) is 48.5 Å². The van der Waals surface area contributed by atoms with Crippen molar-refractivity contribution in [3.8, 4) is 0 Å². The molecule has 142 valence electrons. The molecule has 2 aromatic rings. The molecule has 5 heteroatoms. The van der Waals surface area contributed by atoms with Crippen molar-refractivity contribution in [2.45, 2.75) is 44.9 Å². The zero-order valence-corrected chi connectivity index (χ0v) is 16.7. The Morgan fingerprint density at radius 2 is 1.81 bits per heavy atom. The average Bonchev–Trinajstić information content (AvgIpc) is 3.08. The number of hydrogen-bond donors (Lipinski definition) is 1. The molecule has 0 saturated carbocycles. The van der Waals surface area contributed by atoms with Gasteiger partial charge in [0.2, 0.25) is 11.8 Å². The van der Waals surface area contributed by atoms with Gasteiger partial charge in [-0.15, -0.1) is 11.8 Å². The van der Waals surface area contributed by atoms with Gasteiger partial charge < -0.3 is 5.32 Å². The van der Waals surface area contributed by atoms with Crippen LogP contribution in [0.4, 0.5) is 11.4 Å². The first-order valence-electron chi connectivity index (χ1n) is 9.54. The Balaban J connectivity index is 1.74. The molecule has 4 nitrogen and oxygen atoms in total. The Morgan fingerprint density at radius 3 is 2.44 bits per heavy atom. The predicted molar refractivity (Wildman–Crippen MR) is 113 cm³/mol. The highest BCUT2D eigenvalue weighted by Crippen LogP contribution is 2.42. The number of nitrogens with zero attached hydrogens (tertiary/aromatic N) is 1. The Hall–Kier alpha value is -2.27. The van der Waals surface area contributed by atoms with Crippen LogP contribution >= 0.6 is 11.8 Å². The van der Waals surface area contributed by atoms with Crippen molar-refractivity contribution in [2.24, 2.45) is 0 Å². The monoisotopic (exact) mass is 382 g/mol. The van der Waals surface area contributed by atoms with Gasteiger partial charge in [-0.2, -0.15) is 0 Å². The van der Waals surface area contributed by atoms with E-state index in [1.165, 1.54) is 5.56 Å². The molecular weight excluding hydrogens is 356 g/mol. The number of anilines is 2. The molecule has 0 aliphatic carbocycles. The summed E-state index contributed by atoms with van der Waals surface area (Å²) in [4.78, 5) is 26.2. The third-order valence-electron chi connectivity index (χ3n) is 4.73. The largest absolute Gasteiger partial charge is 0.326 e. The smallest absolute Gasteiger partial charge is 0.238 e. The minimum absolute atomic E-state index is 0.0326.